The average molecular weight is 521 g/mol. The molecule has 1 aliphatic heterocycles. The standard InChI is InChI=1S/C34H49NO3/c1-21(2)37-30-18-27-23(5)29(32(36)28(27)19-31(30)38-22(3)4)20-34(10)16-17-35(25(7)33(34,8)9)24(6)26-14-12-11-13-15-26/h11-15,18-19,21-25,29H,16-17,20H2,1-10H3/i22D. The highest BCUT2D eigenvalue weighted by Gasteiger charge is 2.53. The van der Waals surface area contributed by atoms with Gasteiger partial charge < -0.3 is 9.47 Å². The first kappa shape index (κ1) is 27.2. The van der Waals surface area contributed by atoms with Crippen molar-refractivity contribution in [3.05, 3.63) is 59.2 Å². The number of piperidine rings is 1. The maximum absolute atomic E-state index is 14.0. The highest BCUT2D eigenvalue weighted by Crippen LogP contribution is 2.57. The molecule has 0 radical (unpaired) electrons. The average Bonchev–Trinajstić information content (AvgIpc) is 3.06. The third-order valence-corrected chi connectivity index (χ3v) is 9.96. The minimum atomic E-state index is -1.13. The summed E-state index contributed by atoms with van der Waals surface area (Å²) in [4.78, 5) is 16.6. The van der Waals surface area contributed by atoms with Crippen molar-refractivity contribution in [2.45, 2.75) is 112 Å². The van der Waals surface area contributed by atoms with Crippen molar-refractivity contribution in [1.82, 2.24) is 4.90 Å². The van der Waals surface area contributed by atoms with Crippen LogP contribution in [0.2, 0.25) is 0 Å². The molecule has 5 unspecified atom stereocenters. The number of hydrogen-bond acceptors (Lipinski definition) is 4. The van der Waals surface area contributed by atoms with Crippen LogP contribution in [-0.4, -0.2) is 35.5 Å². The number of likely N-dealkylation sites (tertiary alicyclic amines) is 1. The summed E-state index contributed by atoms with van der Waals surface area (Å²) in [5, 5.41) is 0. The molecule has 2 aromatic carbocycles. The van der Waals surface area contributed by atoms with Gasteiger partial charge in [0.1, 0.15) is 0 Å². The largest absolute Gasteiger partial charge is 0.487 e. The van der Waals surface area contributed by atoms with Crippen LogP contribution in [0.15, 0.2) is 42.5 Å². The Kier molecular flexibility index (Phi) is 7.66. The molecule has 0 bridgehead atoms. The van der Waals surface area contributed by atoms with Gasteiger partial charge in [-0.2, -0.15) is 0 Å². The zero-order valence-corrected chi connectivity index (χ0v) is 25.2. The fourth-order valence-electron chi connectivity index (χ4n) is 6.84. The van der Waals surface area contributed by atoms with Crippen molar-refractivity contribution >= 4 is 5.78 Å². The van der Waals surface area contributed by atoms with Crippen LogP contribution in [0.25, 0.3) is 0 Å². The maximum atomic E-state index is 14.0. The Hall–Kier alpha value is -2.33. The molecular formula is C34H49NO3. The number of ketones is 1. The van der Waals surface area contributed by atoms with Gasteiger partial charge in [-0.1, -0.05) is 58.0 Å². The van der Waals surface area contributed by atoms with E-state index in [2.05, 4.69) is 76.8 Å². The van der Waals surface area contributed by atoms with E-state index < -0.39 is 6.08 Å². The number of nitrogens with zero attached hydrogens (tertiary/aromatic N) is 1. The first-order valence-electron chi connectivity index (χ1n) is 14.9. The molecule has 0 spiro atoms. The van der Waals surface area contributed by atoms with E-state index >= 15 is 0 Å². The van der Waals surface area contributed by atoms with Gasteiger partial charge in [-0.3, -0.25) is 9.69 Å². The predicted octanol–water partition coefficient (Wildman–Crippen LogP) is 8.46. The van der Waals surface area contributed by atoms with Crippen LogP contribution < -0.4 is 9.47 Å². The van der Waals surface area contributed by atoms with E-state index in [1.54, 1.807) is 13.8 Å². The molecule has 5 atom stereocenters. The third kappa shape index (κ3) is 5.13. The highest BCUT2D eigenvalue weighted by molar-refractivity contribution is 6.03. The third-order valence-electron chi connectivity index (χ3n) is 9.96. The summed E-state index contributed by atoms with van der Waals surface area (Å²) in [5.41, 5.74) is 3.15. The fourth-order valence-corrected chi connectivity index (χ4v) is 6.84. The lowest BCUT2D eigenvalue weighted by Gasteiger charge is -2.58. The molecular weight excluding hydrogens is 470 g/mol. The molecule has 1 aliphatic carbocycles. The first-order valence-corrected chi connectivity index (χ1v) is 14.4. The van der Waals surface area contributed by atoms with E-state index in [0.717, 1.165) is 30.5 Å². The molecule has 208 valence electrons. The van der Waals surface area contributed by atoms with Gasteiger partial charge in [0.15, 0.2) is 17.3 Å². The molecule has 1 fully saturated rings. The van der Waals surface area contributed by atoms with Crippen molar-refractivity contribution in [1.29, 1.82) is 0 Å². The Bertz CT molecular complexity index is 1180. The summed E-state index contributed by atoms with van der Waals surface area (Å²) in [5.74, 6) is 1.32. The molecule has 4 rings (SSSR count). The van der Waals surface area contributed by atoms with E-state index in [0.29, 0.717) is 23.6 Å². The van der Waals surface area contributed by atoms with Gasteiger partial charge in [0.25, 0.3) is 0 Å². The molecule has 0 aromatic heterocycles. The molecule has 0 N–H and O–H groups in total. The maximum Gasteiger partial charge on any atom is 0.166 e. The zero-order valence-electron chi connectivity index (χ0n) is 26.2. The Morgan fingerprint density at radius 2 is 1.63 bits per heavy atom. The second-order valence-electron chi connectivity index (χ2n) is 13.1. The number of ether oxygens (including phenoxy) is 2. The van der Waals surface area contributed by atoms with Crippen LogP contribution in [-0.2, 0) is 0 Å². The Balaban J connectivity index is 1.60. The van der Waals surface area contributed by atoms with Crippen LogP contribution in [0.5, 0.6) is 11.5 Å². The van der Waals surface area contributed by atoms with Gasteiger partial charge in [0.2, 0.25) is 0 Å². The zero-order chi connectivity index (χ0) is 28.9. The van der Waals surface area contributed by atoms with Gasteiger partial charge in [0.05, 0.1) is 13.6 Å². The SMILES string of the molecule is [2H]C(C)(C)Oc1cc2c(cc1OC(C)C)C(C)C(CC1(C)CCN(C(C)c3ccccc3)C(C)C1(C)C)C2=O. The molecule has 1 saturated heterocycles. The quantitative estimate of drug-likeness (QED) is 0.350. The normalized spacial score (nSPS) is 28.7. The van der Waals surface area contributed by atoms with Crippen molar-refractivity contribution in [2.24, 2.45) is 16.7 Å². The summed E-state index contributed by atoms with van der Waals surface area (Å²) in [6.07, 6.45) is 0.742. The minimum Gasteiger partial charge on any atom is -0.487 e. The lowest BCUT2D eigenvalue weighted by Crippen LogP contribution is -2.58. The second-order valence-corrected chi connectivity index (χ2v) is 13.1. The minimum absolute atomic E-state index is 0.00964. The summed E-state index contributed by atoms with van der Waals surface area (Å²) < 4.78 is 20.3. The Labute approximate surface area is 232 Å². The van der Waals surface area contributed by atoms with Crippen LogP contribution in [0.3, 0.4) is 0 Å². The van der Waals surface area contributed by atoms with Crippen molar-refractivity contribution in [3.63, 3.8) is 0 Å². The molecule has 4 heteroatoms. The van der Waals surface area contributed by atoms with E-state index in [9.17, 15) is 4.79 Å². The van der Waals surface area contributed by atoms with E-state index in [-0.39, 0.29) is 34.6 Å². The van der Waals surface area contributed by atoms with Gasteiger partial charge >= 0.3 is 0 Å². The van der Waals surface area contributed by atoms with Gasteiger partial charge in [0, 0.05) is 23.6 Å². The second kappa shape index (κ2) is 10.7. The molecule has 4 nitrogen and oxygen atoms in total. The Morgan fingerprint density at radius 3 is 2.24 bits per heavy atom. The van der Waals surface area contributed by atoms with E-state index in [4.69, 9.17) is 10.8 Å². The van der Waals surface area contributed by atoms with Gasteiger partial charge in [-0.05, 0) is 101 Å². The number of Topliss-reactive ketones (excluding diaryl/α,β-unsaturated/α-hetero) is 1. The van der Waals surface area contributed by atoms with Gasteiger partial charge in [-0.15, -0.1) is 0 Å². The molecule has 1 heterocycles. The lowest BCUT2D eigenvalue weighted by molar-refractivity contribution is -0.0884. The summed E-state index contributed by atoms with van der Waals surface area (Å²) in [6.45, 7) is 22.4. The summed E-state index contributed by atoms with van der Waals surface area (Å²) >= 11 is 0. The van der Waals surface area contributed by atoms with Crippen LogP contribution >= 0.6 is 0 Å². The number of benzene rings is 2. The topological polar surface area (TPSA) is 38.8 Å². The molecule has 0 saturated carbocycles. The molecule has 0 amide bonds. The summed E-state index contributed by atoms with van der Waals surface area (Å²) in [6, 6.07) is 15.3. The first-order chi connectivity index (χ1) is 18.1. The predicted molar refractivity (Wildman–Crippen MR) is 156 cm³/mol. The fraction of sp³-hybridized carbons (Fsp3) is 0.618. The number of fused-ring (bicyclic) bond motifs is 1. The van der Waals surface area contributed by atoms with Crippen molar-refractivity contribution < 1.29 is 15.6 Å². The van der Waals surface area contributed by atoms with Crippen LogP contribution in [0.1, 0.15) is 117 Å². The van der Waals surface area contributed by atoms with Crippen LogP contribution in [0.4, 0.5) is 0 Å². The number of hydrogen-bond donors (Lipinski definition) is 0. The lowest BCUT2D eigenvalue weighted by atomic mass is 9.55. The van der Waals surface area contributed by atoms with Crippen LogP contribution in [0, 0.1) is 16.7 Å². The number of rotatable bonds is 8. The van der Waals surface area contributed by atoms with E-state index in [1.165, 1.54) is 5.56 Å². The Morgan fingerprint density at radius 1 is 1.00 bits per heavy atom. The molecule has 2 aromatic rings. The monoisotopic (exact) mass is 520 g/mol. The number of carbonyl (C=O) groups excluding carboxylic acids is 1. The summed E-state index contributed by atoms with van der Waals surface area (Å²) in [7, 11) is 0. The smallest absolute Gasteiger partial charge is 0.166 e. The van der Waals surface area contributed by atoms with Gasteiger partial charge in [-0.25, -0.2) is 0 Å². The van der Waals surface area contributed by atoms with E-state index in [1.807, 2.05) is 26.0 Å². The highest BCUT2D eigenvalue weighted by atomic mass is 16.5. The number of carbonyl (C=O) groups is 1. The molecule has 2 aliphatic rings. The van der Waals surface area contributed by atoms with Crippen molar-refractivity contribution in [3.8, 4) is 11.5 Å². The van der Waals surface area contributed by atoms with Crippen molar-refractivity contribution in [2.75, 3.05) is 6.54 Å². The molecule has 38 heavy (non-hydrogen) atoms.